The molecule has 0 spiro atoms. The molecular weight excluding hydrogens is 322 g/mol. The second-order valence-corrected chi connectivity index (χ2v) is 7.00. The third-order valence-corrected chi connectivity index (χ3v) is 4.96. The summed E-state index contributed by atoms with van der Waals surface area (Å²) < 4.78 is 0. The van der Waals surface area contributed by atoms with Crippen LogP contribution in [0.3, 0.4) is 0 Å². The average molecular weight is 351 g/mol. The predicted octanol–water partition coefficient (Wildman–Crippen LogP) is 3.33. The van der Waals surface area contributed by atoms with Crippen LogP contribution in [0, 0.1) is 6.92 Å². The number of nitrogens with zero attached hydrogens (tertiary/aromatic N) is 2. The van der Waals surface area contributed by atoms with E-state index in [1.165, 1.54) is 11.3 Å². The van der Waals surface area contributed by atoms with Gasteiger partial charge in [0.05, 0.1) is 0 Å². The highest BCUT2D eigenvalue weighted by molar-refractivity contribution is 5.94. The first-order valence-electron chi connectivity index (χ1n) is 9.59. The number of carbonyl (C=O) groups is 1. The highest BCUT2D eigenvalue weighted by Gasteiger charge is 2.16. The fraction of sp³-hybridized carbons (Fsp3) is 0.409. The van der Waals surface area contributed by atoms with Crippen molar-refractivity contribution in [2.24, 2.45) is 0 Å². The summed E-state index contributed by atoms with van der Waals surface area (Å²) in [4.78, 5) is 17.0. The molecule has 1 amide bonds. The molecule has 4 heteroatoms. The highest BCUT2D eigenvalue weighted by atomic mass is 16.1. The zero-order valence-corrected chi connectivity index (χ0v) is 15.7. The maximum absolute atomic E-state index is 12.0. The van der Waals surface area contributed by atoms with E-state index in [9.17, 15) is 4.79 Å². The van der Waals surface area contributed by atoms with Crippen LogP contribution in [-0.4, -0.2) is 50.1 Å². The van der Waals surface area contributed by atoms with Crippen molar-refractivity contribution in [3.8, 4) is 0 Å². The number of aryl methyl sites for hydroxylation is 1. The Morgan fingerprint density at radius 1 is 0.962 bits per heavy atom. The SMILES string of the molecule is Cc1cccc(N2CCN(CCCCNC(=O)c3ccccc3)CC2)c1. The average Bonchev–Trinajstić information content (AvgIpc) is 2.69. The number of anilines is 1. The Morgan fingerprint density at radius 3 is 2.46 bits per heavy atom. The Morgan fingerprint density at radius 2 is 1.73 bits per heavy atom. The Hall–Kier alpha value is -2.33. The first-order chi connectivity index (χ1) is 12.7. The van der Waals surface area contributed by atoms with Gasteiger partial charge < -0.3 is 10.2 Å². The minimum atomic E-state index is 0.0253. The van der Waals surface area contributed by atoms with Crippen LogP contribution in [0.5, 0.6) is 0 Å². The second-order valence-electron chi connectivity index (χ2n) is 7.00. The summed E-state index contributed by atoms with van der Waals surface area (Å²) in [7, 11) is 0. The molecule has 1 fully saturated rings. The maximum atomic E-state index is 12.0. The zero-order chi connectivity index (χ0) is 18.2. The van der Waals surface area contributed by atoms with Gasteiger partial charge in [-0.25, -0.2) is 0 Å². The summed E-state index contributed by atoms with van der Waals surface area (Å²) in [6.07, 6.45) is 2.15. The first kappa shape index (κ1) is 18.5. The maximum Gasteiger partial charge on any atom is 0.251 e. The lowest BCUT2D eigenvalue weighted by molar-refractivity contribution is 0.0952. The van der Waals surface area contributed by atoms with Crippen molar-refractivity contribution in [1.29, 1.82) is 0 Å². The Balaban J connectivity index is 1.30. The lowest BCUT2D eigenvalue weighted by atomic mass is 10.2. The van der Waals surface area contributed by atoms with E-state index in [2.05, 4.69) is 46.3 Å². The van der Waals surface area contributed by atoms with E-state index in [1.54, 1.807) is 0 Å². The molecule has 3 rings (SSSR count). The summed E-state index contributed by atoms with van der Waals surface area (Å²) in [5.41, 5.74) is 3.40. The molecule has 1 aliphatic rings. The number of hydrogen-bond donors (Lipinski definition) is 1. The molecule has 0 saturated carbocycles. The minimum absolute atomic E-state index is 0.0253. The summed E-state index contributed by atoms with van der Waals surface area (Å²) in [6.45, 7) is 8.42. The van der Waals surface area contributed by atoms with Gasteiger partial charge in [-0.15, -0.1) is 0 Å². The van der Waals surface area contributed by atoms with E-state index in [0.29, 0.717) is 0 Å². The molecular formula is C22H29N3O. The van der Waals surface area contributed by atoms with Crippen LogP contribution in [0.2, 0.25) is 0 Å². The number of amides is 1. The number of rotatable bonds is 7. The van der Waals surface area contributed by atoms with Crippen LogP contribution in [0.1, 0.15) is 28.8 Å². The van der Waals surface area contributed by atoms with E-state index in [-0.39, 0.29) is 5.91 Å². The molecule has 0 aromatic heterocycles. The Kier molecular flexibility index (Phi) is 6.67. The van der Waals surface area contributed by atoms with Gasteiger partial charge in [-0.3, -0.25) is 9.69 Å². The van der Waals surface area contributed by atoms with Crippen LogP contribution in [0.15, 0.2) is 54.6 Å². The molecule has 0 atom stereocenters. The molecule has 138 valence electrons. The topological polar surface area (TPSA) is 35.6 Å². The van der Waals surface area contributed by atoms with Crippen molar-refractivity contribution in [3.05, 3.63) is 65.7 Å². The lowest BCUT2D eigenvalue weighted by Crippen LogP contribution is -2.46. The monoisotopic (exact) mass is 351 g/mol. The van der Waals surface area contributed by atoms with E-state index < -0.39 is 0 Å². The van der Waals surface area contributed by atoms with Crippen molar-refractivity contribution in [2.75, 3.05) is 44.2 Å². The highest BCUT2D eigenvalue weighted by Crippen LogP contribution is 2.17. The standard InChI is InChI=1S/C22H29N3O/c1-19-8-7-11-21(18-19)25-16-14-24(15-17-25)13-6-5-12-23-22(26)20-9-3-2-4-10-20/h2-4,7-11,18H,5-6,12-17H2,1H3,(H,23,26). The predicted molar refractivity (Wildman–Crippen MR) is 108 cm³/mol. The van der Waals surface area contributed by atoms with Gasteiger partial charge in [0.25, 0.3) is 5.91 Å². The van der Waals surface area contributed by atoms with E-state index in [0.717, 1.165) is 57.7 Å². The molecule has 0 aliphatic carbocycles. The summed E-state index contributed by atoms with van der Waals surface area (Å²) in [5.74, 6) is 0.0253. The van der Waals surface area contributed by atoms with Gasteiger partial charge in [0.15, 0.2) is 0 Å². The van der Waals surface area contributed by atoms with Crippen LogP contribution >= 0.6 is 0 Å². The van der Waals surface area contributed by atoms with Gasteiger partial charge in [0.2, 0.25) is 0 Å². The molecule has 0 bridgehead atoms. The number of carbonyl (C=O) groups excluding carboxylic acids is 1. The van der Waals surface area contributed by atoms with Crippen LogP contribution in [0.4, 0.5) is 5.69 Å². The number of hydrogen-bond acceptors (Lipinski definition) is 3. The van der Waals surface area contributed by atoms with Gasteiger partial charge in [0.1, 0.15) is 0 Å². The van der Waals surface area contributed by atoms with Gasteiger partial charge in [-0.2, -0.15) is 0 Å². The lowest BCUT2D eigenvalue weighted by Gasteiger charge is -2.36. The third kappa shape index (κ3) is 5.33. The van der Waals surface area contributed by atoms with Crippen LogP contribution in [0.25, 0.3) is 0 Å². The van der Waals surface area contributed by atoms with Crippen molar-refractivity contribution in [2.45, 2.75) is 19.8 Å². The van der Waals surface area contributed by atoms with Gasteiger partial charge in [-0.05, 0) is 56.1 Å². The third-order valence-electron chi connectivity index (χ3n) is 4.96. The largest absolute Gasteiger partial charge is 0.369 e. The molecule has 26 heavy (non-hydrogen) atoms. The van der Waals surface area contributed by atoms with Crippen molar-refractivity contribution >= 4 is 11.6 Å². The van der Waals surface area contributed by atoms with Gasteiger partial charge >= 0.3 is 0 Å². The quantitative estimate of drug-likeness (QED) is 0.777. The molecule has 1 N–H and O–H groups in total. The number of benzene rings is 2. The minimum Gasteiger partial charge on any atom is -0.369 e. The molecule has 1 heterocycles. The van der Waals surface area contributed by atoms with E-state index in [1.807, 2.05) is 30.3 Å². The van der Waals surface area contributed by atoms with Gasteiger partial charge in [0, 0.05) is 44.0 Å². The van der Waals surface area contributed by atoms with E-state index in [4.69, 9.17) is 0 Å². The molecule has 0 radical (unpaired) electrons. The molecule has 2 aromatic rings. The number of nitrogens with one attached hydrogen (secondary N) is 1. The van der Waals surface area contributed by atoms with Crippen molar-refractivity contribution in [1.82, 2.24) is 10.2 Å². The van der Waals surface area contributed by atoms with Crippen molar-refractivity contribution < 1.29 is 4.79 Å². The molecule has 4 nitrogen and oxygen atoms in total. The zero-order valence-electron chi connectivity index (χ0n) is 15.7. The van der Waals surface area contributed by atoms with Crippen LogP contribution < -0.4 is 10.2 Å². The number of unbranched alkanes of at least 4 members (excludes halogenated alkanes) is 1. The van der Waals surface area contributed by atoms with Gasteiger partial charge in [-0.1, -0.05) is 30.3 Å². The summed E-state index contributed by atoms with van der Waals surface area (Å²) in [6, 6.07) is 18.2. The molecule has 0 unspecified atom stereocenters. The van der Waals surface area contributed by atoms with Crippen molar-refractivity contribution in [3.63, 3.8) is 0 Å². The molecule has 1 aliphatic heterocycles. The smallest absolute Gasteiger partial charge is 0.251 e. The molecule has 1 saturated heterocycles. The summed E-state index contributed by atoms with van der Waals surface area (Å²) >= 11 is 0. The fourth-order valence-electron chi connectivity index (χ4n) is 3.41. The molecule has 2 aromatic carbocycles. The normalized spacial score (nSPS) is 15.0. The fourth-order valence-corrected chi connectivity index (χ4v) is 3.41. The summed E-state index contributed by atoms with van der Waals surface area (Å²) in [5, 5.41) is 3.00. The Labute approximate surface area is 156 Å². The number of piperazine rings is 1. The van der Waals surface area contributed by atoms with E-state index >= 15 is 0 Å². The Bertz CT molecular complexity index is 694. The van der Waals surface area contributed by atoms with Crippen LogP contribution in [-0.2, 0) is 0 Å². The first-order valence-corrected chi connectivity index (χ1v) is 9.59. The second kappa shape index (κ2) is 9.39.